The van der Waals surface area contributed by atoms with Crippen LogP contribution in [-0.2, 0) is 20.4 Å². The zero-order valence-corrected chi connectivity index (χ0v) is 14.2. The molecule has 0 radical (unpaired) electrons. The third kappa shape index (κ3) is 2.39. The molecule has 0 N–H and O–H groups in total. The largest absolute Gasteiger partial charge is 0.431 e. The molecule has 0 aliphatic carbocycles. The van der Waals surface area contributed by atoms with E-state index in [-0.39, 0.29) is 10.6 Å². The van der Waals surface area contributed by atoms with Crippen LogP contribution in [0, 0.1) is 6.92 Å². The van der Waals surface area contributed by atoms with Crippen molar-refractivity contribution in [1.29, 1.82) is 0 Å². The number of sulfonamides is 1. The number of hydrogen-bond acceptors (Lipinski definition) is 4. The zero-order chi connectivity index (χ0) is 17.5. The predicted octanol–water partition coefficient (Wildman–Crippen LogP) is 3.57. The molecule has 5 nitrogen and oxygen atoms in total. The van der Waals surface area contributed by atoms with Crippen molar-refractivity contribution in [3.05, 3.63) is 78.0 Å². The highest BCUT2D eigenvalue weighted by molar-refractivity contribution is 7.89. The van der Waals surface area contributed by atoms with Gasteiger partial charge in [-0.1, -0.05) is 54.6 Å². The van der Waals surface area contributed by atoms with Gasteiger partial charge in [-0.25, -0.2) is 13.2 Å². The van der Waals surface area contributed by atoms with Crippen LogP contribution in [0.4, 0.5) is 4.79 Å². The van der Waals surface area contributed by atoms with E-state index in [1.165, 1.54) is 12.1 Å². The Morgan fingerprint density at radius 2 is 1.62 bits per heavy atom. The van der Waals surface area contributed by atoms with E-state index in [2.05, 4.69) is 6.58 Å². The molecule has 0 spiro atoms. The Labute approximate surface area is 141 Å². The van der Waals surface area contributed by atoms with Gasteiger partial charge in [-0.2, -0.15) is 4.31 Å². The van der Waals surface area contributed by atoms with E-state index < -0.39 is 21.7 Å². The molecule has 0 bridgehead atoms. The van der Waals surface area contributed by atoms with Gasteiger partial charge in [0.25, 0.3) is 10.0 Å². The number of carbonyl (C=O) groups is 1. The van der Waals surface area contributed by atoms with Crippen molar-refractivity contribution in [3.63, 3.8) is 0 Å². The van der Waals surface area contributed by atoms with Gasteiger partial charge in [0, 0.05) is 5.56 Å². The molecule has 1 saturated heterocycles. The normalized spacial score (nSPS) is 21.0. The van der Waals surface area contributed by atoms with E-state index in [9.17, 15) is 13.2 Å². The van der Waals surface area contributed by atoms with Crippen molar-refractivity contribution in [2.24, 2.45) is 0 Å². The van der Waals surface area contributed by atoms with Crippen molar-refractivity contribution in [1.82, 2.24) is 4.31 Å². The van der Waals surface area contributed by atoms with Gasteiger partial charge in [0.1, 0.15) is 0 Å². The molecule has 1 aliphatic rings. The van der Waals surface area contributed by atoms with Crippen LogP contribution >= 0.6 is 0 Å². The fourth-order valence-corrected chi connectivity index (χ4v) is 4.01. The maximum atomic E-state index is 12.8. The molecule has 2 aromatic carbocycles. The molecule has 2 aromatic rings. The predicted molar refractivity (Wildman–Crippen MR) is 89.6 cm³/mol. The SMILES string of the molecule is C=C1N(S(=O)(=O)c2ccc(C)cc2)C(=O)OC1(C)c1ccccc1. The lowest BCUT2D eigenvalue weighted by molar-refractivity contribution is 0.0819. The van der Waals surface area contributed by atoms with Crippen molar-refractivity contribution in [3.8, 4) is 0 Å². The summed E-state index contributed by atoms with van der Waals surface area (Å²) in [6.07, 6.45) is -0.952. The highest BCUT2D eigenvalue weighted by Gasteiger charge is 2.52. The summed E-state index contributed by atoms with van der Waals surface area (Å²) in [6.45, 7) is 7.31. The average molecular weight is 343 g/mol. The Bertz CT molecular complexity index is 904. The van der Waals surface area contributed by atoms with Gasteiger partial charge in [-0.3, -0.25) is 0 Å². The number of ether oxygens (including phenoxy) is 1. The molecule has 1 unspecified atom stereocenters. The van der Waals surface area contributed by atoms with Gasteiger partial charge in [-0.15, -0.1) is 0 Å². The first kappa shape index (κ1) is 16.3. The summed E-state index contributed by atoms with van der Waals surface area (Å²) in [7, 11) is -4.07. The minimum absolute atomic E-state index is 0.0171. The summed E-state index contributed by atoms with van der Waals surface area (Å²) in [5.74, 6) is 0. The van der Waals surface area contributed by atoms with E-state index >= 15 is 0 Å². The van der Waals surface area contributed by atoms with Gasteiger partial charge in [-0.05, 0) is 26.0 Å². The molecule has 1 heterocycles. The van der Waals surface area contributed by atoms with Gasteiger partial charge in [0.05, 0.1) is 10.6 Å². The van der Waals surface area contributed by atoms with Gasteiger partial charge < -0.3 is 4.74 Å². The van der Waals surface area contributed by atoms with Crippen molar-refractivity contribution < 1.29 is 17.9 Å². The molecule has 0 aromatic heterocycles. The molecule has 0 saturated carbocycles. The Balaban J connectivity index is 2.05. The topological polar surface area (TPSA) is 63.7 Å². The Morgan fingerprint density at radius 3 is 2.21 bits per heavy atom. The molecule has 1 atom stereocenters. The summed E-state index contributed by atoms with van der Waals surface area (Å²) in [5.41, 5.74) is 0.422. The lowest BCUT2D eigenvalue weighted by atomic mass is 9.94. The van der Waals surface area contributed by atoms with Crippen LogP contribution in [0.5, 0.6) is 0 Å². The lowest BCUT2D eigenvalue weighted by Gasteiger charge is -2.24. The van der Waals surface area contributed by atoms with Gasteiger partial charge >= 0.3 is 6.09 Å². The smallest absolute Gasteiger partial charge is 0.429 e. The van der Waals surface area contributed by atoms with Crippen LogP contribution in [0.15, 0.2) is 71.8 Å². The highest BCUT2D eigenvalue weighted by atomic mass is 32.2. The number of aryl methyl sites for hydroxylation is 1. The average Bonchev–Trinajstić information content (AvgIpc) is 2.79. The molecular weight excluding hydrogens is 326 g/mol. The zero-order valence-electron chi connectivity index (χ0n) is 13.4. The fourth-order valence-electron chi connectivity index (χ4n) is 2.62. The first-order valence-corrected chi connectivity index (χ1v) is 8.81. The summed E-state index contributed by atoms with van der Waals surface area (Å²) in [5, 5.41) is 0. The Kier molecular flexibility index (Phi) is 3.72. The summed E-state index contributed by atoms with van der Waals surface area (Å²) in [4.78, 5) is 12.3. The number of nitrogens with zero attached hydrogens (tertiary/aromatic N) is 1. The number of carbonyl (C=O) groups excluding carboxylic acids is 1. The van der Waals surface area contributed by atoms with Crippen LogP contribution < -0.4 is 0 Å². The first-order valence-electron chi connectivity index (χ1n) is 7.37. The van der Waals surface area contributed by atoms with Crippen molar-refractivity contribution >= 4 is 16.1 Å². The number of hydrogen-bond donors (Lipinski definition) is 0. The van der Waals surface area contributed by atoms with Crippen molar-refractivity contribution in [2.45, 2.75) is 24.3 Å². The molecule has 1 amide bonds. The third-order valence-electron chi connectivity index (χ3n) is 4.14. The Hall–Kier alpha value is -2.60. The second-order valence-electron chi connectivity index (χ2n) is 5.80. The molecule has 1 fully saturated rings. The van der Waals surface area contributed by atoms with E-state index in [0.29, 0.717) is 9.87 Å². The van der Waals surface area contributed by atoms with E-state index in [0.717, 1.165) is 5.56 Å². The van der Waals surface area contributed by atoms with E-state index in [4.69, 9.17) is 4.74 Å². The number of rotatable bonds is 3. The van der Waals surface area contributed by atoms with E-state index in [1.54, 1.807) is 43.3 Å². The van der Waals surface area contributed by atoms with Crippen LogP contribution in [0.3, 0.4) is 0 Å². The highest BCUT2D eigenvalue weighted by Crippen LogP contribution is 2.43. The number of cyclic esters (lactones) is 1. The van der Waals surface area contributed by atoms with E-state index in [1.807, 2.05) is 13.0 Å². The number of benzene rings is 2. The summed E-state index contributed by atoms with van der Waals surface area (Å²) in [6, 6.07) is 15.2. The maximum absolute atomic E-state index is 12.8. The lowest BCUT2D eigenvalue weighted by Crippen LogP contribution is -2.32. The summed E-state index contributed by atoms with van der Waals surface area (Å²) < 4.78 is 31.7. The molecular formula is C18H17NO4S. The minimum atomic E-state index is -4.07. The van der Waals surface area contributed by atoms with Crippen LogP contribution in [0.2, 0.25) is 0 Å². The molecule has 124 valence electrons. The monoisotopic (exact) mass is 343 g/mol. The standard InChI is InChI=1S/C18H17NO4S/c1-13-9-11-16(12-10-13)24(21,22)19-14(2)18(3,23-17(19)20)15-7-5-4-6-8-15/h4-12H,2H2,1,3H3. The molecule has 6 heteroatoms. The second kappa shape index (κ2) is 5.49. The quantitative estimate of drug-likeness (QED) is 0.855. The van der Waals surface area contributed by atoms with Gasteiger partial charge in [0.2, 0.25) is 0 Å². The molecule has 24 heavy (non-hydrogen) atoms. The van der Waals surface area contributed by atoms with Crippen LogP contribution in [0.1, 0.15) is 18.1 Å². The van der Waals surface area contributed by atoms with Crippen LogP contribution in [-0.4, -0.2) is 18.8 Å². The van der Waals surface area contributed by atoms with Crippen molar-refractivity contribution in [2.75, 3.05) is 0 Å². The molecule has 1 aliphatic heterocycles. The van der Waals surface area contributed by atoms with Gasteiger partial charge in [0.15, 0.2) is 5.60 Å². The number of amides is 1. The molecule has 3 rings (SSSR count). The first-order chi connectivity index (χ1) is 11.3. The minimum Gasteiger partial charge on any atom is -0.431 e. The maximum Gasteiger partial charge on any atom is 0.429 e. The van der Waals surface area contributed by atoms with Crippen LogP contribution in [0.25, 0.3) is 0 Å². The second-order valence-corrected chi connectivity index (χ2v) is 7.58. The third-order valence-corrected chi connectivity index (χ3v) is 5.86. The fraction of sp³-hybridized carbons (Fsp3) is 0.167. The summed E-state index contributed by atoms with van der Waals surface area (Å²) >= 11 is 0. The Morgan fingerprint density at radius 1 is 1.04 bits per heavy atom.